The van der Waals surface area contributed by atoms with E-state index in [1.165, 1.54) is 38.5 Å². The molecule has 2 aliphatic carbocycles. The maximum atomic E-state index is 12.9. The van der Waals surface area contributed by atoms with Crippen LogP contribution in [0.3, 0.4) is 0 Å². The minimum atomic E-state index is -0.168. The summed E-state index contributed by atoms with van der Waals surface area (Å²) in [6.07, 6.45) is 12.5. The van der Waals surface area contributed by atoms with Gasteiger partial charge < -0.3 is 4.90 Å². The molecule has 3 heteroatoms. The van der Waals surface area contributed by atoms with E-state index in [1.54, 1.807) is 0 Å². The van der Waals surface area contributed by atoms with E-state index in [1.807, 2.05) is 0 Å². The van der Waals surface area contributed by atoms with Crippen LogP contribution in [0.4, 0.5) is 0 Å². The zero-order valence-electron chi connectivity index (χ0n) is 12.3. The number of hydrogen-bond acceptors (Lipinski definition) is 2. The number of carbonyl (C=O) groups is 1. The lowest BCUT2D eigenvalue weighted by atomic mass is 9.97. The Morgan fingerprint density at radius 3 is 2.53 bits per heavy atom. The van der Waals surface area contributed by atoms with Gasteiger partial charge in [0, 0.05) is 6.54 Å². The van der Waals surface area contributed by atoms with E-state index in [2.05, 4.69) is 17.1 Å². The molecule has 0 aromatic heterocycles. The molecule has 1 atom stereocenters. The number of carbonyl (C=O) groups excluding carboxylic acids is 1. The van der Waals surface area contributed by atoms with Crippen LogP contribution in [0.25, 0.3) is 0 Å². The molecule has 1 saturated heterocycles. The van der Waals surface area contributed by atoms with E-state index in [0.717, 1.165) is 38.1 Å². The molecule has 108 valence electrons. The van der Waals surface area contributed by atoms with Crippen LogP contribution in [0.2, 0.25) is 0 Å². The average molecular weight is 264 g/mol. The summed E-state index contributed by atoms with van der Waals surface area (Å²) in [5.41, 5.74) is -0.168. The van der Waals surface area contributed by atoms with Crippen LogP contribution >= 0.6 is 0 Å². The van der Waals surface area contributed by atoms with Crippen LogP contribution in [-0.2, 0) is 4.79 Å². The van der Waals surface area contributed by atoms with Gasteiger partial charge in [0.05, 0.1) is 11.7 Å². The van der Waals surface area contributed by atoms with Crippen molar-refractivity contribution in [2.75, 3.05) is 6.54 Å². The van der Waals surface area contributed by atoms with Crippen LogP contribution in [0.1, 0.15) is 71.1 Å². The van der Waals surface area contributed by atoms with Gasteiger partial charge in [0.1, 0.15) is 0 Å². The SMILES string of the molecule is CCCC1NC2(CCCC2)C(=O)N1CC1CCCC1. The third-order valence-corrected chi connectivity index (χ3v) is 5.44. The second kappa shape index (κ2) is 5.43. The van der Waals surface area contributed by atoms with Gasteiger partial charge in [-0.15, -0.1) is 0 Å². The van der Waals surface area contributed by atoms with Crippen molar-refractivity contribution in [1.29, 1.82) is 0 Å². The molecule has 0 radical (unpaired) electrons. The van der Waals surface area contributed by atoms with E-state index in [0.29, 0.717) is 12.1 Å². The molecule has 0 bridgehead atoms. The van der Waals surface area contributed by atoms with Gasteiger partial charge in [-0.2, -0.15) is 0 Å². The molecule has 1 unspecified atom stereocenters. The third-order valence-electron chi connectivity index (χ3n) is 5.44. The highest BCUT2D eigenvalue weighted by Crippen LogP contribution is 2.38. The quantitative estimate of drug-likeness (QED) is 0.846. The molecule has 1 aliphatic heterocycles. The first kappa shape index (κ1) is 13.4. The molecule has 1 heterocycles. The highest BCUT2D eigenvalue weighted by atomic mass is 16.2. The fraction of sp³-hybridized carbons (Fsp3) is 0.938. The zero-order valence-corrected chi connectivity index (χ0v) is 12.3. The van der Waals surface area contributed by atoms with E-state index in [-0.39, 0.29) is 5.54 Å². The summed E-state index contributed by atoms with van der Waals surface area (Å²) >= 11 is 0. The molecular formula is C16H28N2O. The predicted molar refractivity (Wildman–Crippen MR) is 76.7 cm³/mol. The first-order valence-electron chi connectivity index (χ1n) is 8.34. The number of hydrogen-bond donors (Lipinski definition) is 1. The lowest BCUT2D eigenvalue weighted by Gasteiger charge is -2.26. The second-order valence-electron chi connectivity index (χ2n) is 6.85. The van der Waals surface area contributed by atoms with Crippen LogP contribution in [0, 0.1) is 5.92 Å². The largest absolute Gasteiger partial charge is 0.325 e. The summed E-state index contributed by atoms with van der Waals surface area (Å²) in [7, 11) is 0. The smallest absolute Gasteiger partial charge is 0.244 e. The summed E-state index contributed by atoms with van der Waals surface area (Å²) in [5, 5.41) is 3.72. The lowest BCUT2D eigenvalue weighted by molar-refractivity contribution is -0.133. The summed E-state index contributed by atoms with van der Waals surface area (Å²) in [4.78, 5) is 15.1. The molecule has 1 N–H and O–H groups in total. The highest BCUT2D eigenvalue weighted by molar-refractivity contribution is 5.89. The van der Waals surface area contributed by atoms with Crippen molar-refractivity contribution in [3.8, 4) is 0 Å². The van der Waals surface area contributed by atoms with E-state index in [4.69, 9.17) is 0 Å². The Morgan fingerprint density at radius 2 is 1.89 bits per heavy atom. The minimum absolute atomic E-state index is 0.168. The van der Waals surface area contributed by atoms with Gasteiger partial charge in [-0.05, 0) is 38.0 Å². The van der Waals surface area contributed by atoms with Crippen LogP contribution in [-0.4, -0.2) is 29.1 Å². The Balaban J connectivity index is 1.72. The van der Waals surface area contributed by atoms with Crippen LogP contribution in [0.15, 0.2) is 0 Å². The van der Waals surface area contributed by atoms with Crippen LogP contribution in [0.5, 0.6) is 0 Å². The van der Waals surface area contributed by atoms with Gasteiger partial charge in [-0.3, -0.25) is 10.1 Å². The maximum Gasteiger partial charge on any atom is 0.244 e. The first-order valence-corrected chi connectivity index (χ1v) is 8.34. The molecule has 1 amide bonds. The molecule has 0 aromatic carbocycles. The van der Waals surface area contributed by atoms with Gasteiger partial charge >= 0.3 is 0 Å². The standard InChI is InChI=1S/C16H28N2O/c1-2-7-14-17-16(10-5-6-11-16)15(19)18(14)12-13-8-3-4-9-13/h13-14,17H,2-12H2,1H3. The van der Waals surface area contributed by atoms with Crippen molar-refractivity contribution in [2.45, 2.75) is 82.8 Å². The summed E-state index contributed by atoms with van der Waals surface area (Å²) < 4.78 is 0. The Labute approximate surface area is 117 Å². The lowest BCUT2D eigenvalue weighted by Crippen LogP contribution is -2.44. The van der Waals surface area contributed by atoms with Gasteiger partial charge in [0.2, 0.25) is 5.91 Å². The third kappa shape index (κ3) is 2.42. The molecule has 3 nitrogen and oxygen atoms in total. The zero-order chi connectivity index (χ0) is 13.3. The normalized spacial score (nSPS) is 30.9. The van der Waals surface area contributed by atoms with Crippen molar-refractivity contribution in [3.63, 3.8) is 0 Å². The Hall–Kier alpha value is -0.570. The molecule has 2 saturated carbocycles. The Morgan fingerprint density at radius 1 is 1.21 bits per heavy atom. The fourth-order valence-corrected chi connectivity index (χ4v) is 4.39. The molecular weight excluding hydrogens is 236 g/mol. The Kier molecular flexibility index (Phi) is 3.84. The molecule has 3 fully saturated rings. The molecule has 1 spiro atoms. The number of rotatable bonds is 4. The minimum Gasteiger partial charge on any atom is -0.325 e. The summed E-state index contributed by atoms with van der Waals surface area (Å²) in [5.74, 6) is 1.19. The first-order chi connectivity index (χ1) is 9.25. The van der Waals surface area contributed by atoms with E-state index >= 15 is 0 Å². The monoisotopic (exact) mass is 264 g/mol. The molecule has 0 aromatic rings. The fourth-order valence-electron chi connectivity index (χ4n) is 4.39. The van der Waals surface area contributed by atoms with Gasteiger partial charge in [0.15, 0.2) is 0 Å². The van der Waals surface area contributed by atoms with Crippen molar-refractivity contribution in [3.05, 3.63) is 0 Å². The number of nitrogens with one attached hydrogen (secondary N) is 1. The topological polar surface area (TPSA) is 32.3 Å². The van der Waals surface area contributed by atoms with Crippen molar-refractivity contribution < 1.29 is 4.79 Å². The number of amides is 1. The number of nitrogens with zero attached hydrogens (tertiary/aromatic N) is 1. The van der Waals surface area contributed by atoms with Gasteiger partial charge in [0.25, 0.3) is 0 Å². The van der Waals surface area contributed by atoms with Crippen molar-refractivity contribution in [1.82, 2.24) is 10.2 Å². The Bertz CT molecular complexity index is 330. The average Bonchev–Trinajstić information content (AvgIpc) is 3.10. The van der Waals surface area contributed by atoms with E-state index in [9.17, 15) is 4.79 Å². The van der Waals surface area contributed by atoms with Gasteiger partial charge in [-0.1, -0.05) is 39.0 Å². The van der Waals surface area contributed by atoms with Gasteiger partial charge in [-0.25, -0.2) is 0 Å². The highest BCUT2D eigenvalue weighted by Gasteiger charge is 2.52. The molecule has 19 heavy (non-hydrogen) atoms. The second-order valence-corrected chi connectivity index (χ2v) is 6.85. The molecule has 3 aliphatic rings. The molecule has 3 rings (SSSR count). The van der Waals surface area contributed by atoms with Crippen molar-refractivity contribution in [2.24, 2.45) is 5.92 Å². The maximum absolute atomic E-state index is 12.9. The summed E-state index contributed by atoms with van der Waals surface area (Å²) in [6, 6.07) is 0. The van der Waals surface area contributed by atoms with Crippen LogP contribution < -0.4 is 5.32 Å². The van der Waals surface area contributed by atoms with E-state index < -0.39 is 0 Å². The summed E-state index contributed by atoms with van der Waals surface area (Å²) in [6.45, 7) is 3.23. The predicted octanol–water partition coefficient (Wildman–Crippen LogP) is 3.05. The van der Waals surface area contributed by atoms with Crippen molar-refractivity contribution >= 4 is 5.91 Å².